The molecule has 1 aliphatic heterocycles. The Morgan fingerprint density at radius 1 is 1.13 bits per heavy atom. The first-order chi connectivity index (χ1) is 14.7. The molecule has 1 amide bonds. The summed E-state index contributed by atoms with van der Waals surface area (Å²) in [5.41, 5.74) is 4.99. The van der Waals surface area contributed by atoms with E-state index in [0.717, 1.165) is 44.0 Å². The number of aromatic amines is 1. The molecule has 0 bridgehead atoms. The van der Waals surface area contributed by atoms with Gasteiger partial charge in [-0.3, -0.25) is 4.79 Å². The smallest absolute Gasteiger partial charge is 0.340 e. The molecule has 0 saturated carbocycles. The van der Waals surface area contributed by atoms with E-state index in [1.165, 1.54) is 5.69 Å². The van der Waals surface area contributed by atoms with Crippen molar-refractivity contribution in [1.82, 2.24) is 9.88 Å². The number of H-pyrrole nitrogens is 1. The Hall–Kier alpha value is -2.80. The standard InChI is InChI=1S/C24H34N4O3/c1-7-27-10-12-28(13-11-27)19-8-9-20(16(4)14-19)26-23(29)22-17(5)21(18(6)25-22)24(30)31-15(2)3/h8-9,14-15,25H,7,10-13H2,1-6H3,(H,26,29). The van der Waals surface area contributed by atoms with Crippen LogP contribution in [-0.2, 0) is 4.74 Å². The number of ether oxygens (including phenoxy) is 1. The number of carbonyl (C=O) groups is 2. The molecule has 7 nitrogen and oxygen atoms in total. The van der Waals surface area contributed by atoms with Gasteiger partial charge in [0.25, 0.3) is 5.91 Å². The number of hydrogen-bond acceptors (Lipinski definition) is 5. The number of aromatic nitrogens is 1. The Kier molecular flexibility index (Phi) is 7.05. The number of rotatable bonds is 6. The van der Waals surface area contributed by atoms with Crippen LogP contribution in [0.2, 0.25) is 0 Å². The summed E-state index contributed by atoms with van der Waals surface area (Å²) in [5.74, 6) is -0.680. The quantitative estimate of drug-likeness (QED) is 0.685. The fourth-order valence-corrected chi connectivity index (χ4v) is 4.05. The van der Waals surface area contributed by atoms with Crippen LogP contribution in [-0.4, -0.2) is 60.6 Å². The number of likely N-dealkylation sites (N-methyl/N-ethyl adjacent to an activating group) is 1. The molecule has 0 atom stereocenters. The monoisotopic (exact) mass is 426 g/mol. The molecule has 0 radical (unpaired) electrons. The number of aryl methyl sites for hydroxylation is 2. The number of benzene rings is 1. The maximum atomic E-state index is 12.9. The minimum atomic E-state index is -0.413. The highest BCUT2D eigenvalue weighted by Gasteiger charge is 2.24. The lowest BCUT2D eigenvalue weighted by atomic mass is 10.1. The van der Waals surface area contributed by atoms with Crippen molar-refractivity contribution >= 4 is 23.3 Å². The minimum Gasteiger partial charge on any atom is -0.459 e. The van der Waals surface area contributed by atoms with Gasteiger partial charge in [-0.15, -0.1) is 0 Å². The Morgan fingerprint density at radius 3 is 2.39 bits per heavy atom. The Morgan fingerprint density at radius 2 is 1.81 bits per heavy atom. The van der Waals surface area contributed by atoms with Crippen LogP contribution in [0.3, 0.4) is 0 Å². The van der Waals surface area contributed by atoms with E-state index in [4.69, 9.17) is 4.74 Å². The van der Waals surface area contributed by atoms with Gasteiger partial charge in [-0.25, -0.2) is 4.79 Å². The summed E-state index contributed by atoms with van der Waals surface area (Å²) in [6, 6.07) is 6.13. The SMILES string of the molecule is CCN1CCN(c2ccc(NC(=O)c3[nH]c(C)c(C(=O)OC(C)C)c3C)c(C)c2)CC1. The third-order valence-corrected chi connectivity index (χ3v) is 5.85. The van der Waals surface area contributed by atoms with Gasteiger partial charge in [-0.05, 0) is 70.5 Å². The van der Waals surface area contributed by atoms with Crippen LogP contribution in [0.4, 0.5) is 11.4 Å². The second-order valence-corrected chi connectivity index (χ2v) is 8.45. The van der Waals surface area contributed by atoms with E-state index < -0.39 is 5.97 Å². The third kappa shape index (κ3) is 5.10. The van der Waals surface area contributed by atoms with Crippen LogP contribution in [0.15, 0.2) is 18.2 Å². The maximum Gasteiger partial charge on any atom is 0.340 e. The van der Waals surface area contributed by atoms with E-state index in [-0.39, 0.29) is 12.0 Å². The third-order valence-electron chi connectivity index (χ3n) is 5.85. The highest BCUT2D eigenvalue weighted by atomic mass is 16.5. The molecule has 2 N–H and O–H groups in total. The molecule has 1 saturated heterocycles. The van der Waals surface area contributed by atoms with Crippen LogP contribution in [0, 0.1) is 20.8 Å². The van der Waals surface area contributed by atoms with Gasteiger partial charge in [0.2, 0.25) is 0 Å². The van der Waals surface area contributed by atoms with Gasteiger partial charge in [-0.2, -0.15) is 0 Å². The lowest BCUT2D eigenvalue weighted by Crippen LogP contribution is -2.46. The molecule has 1 fully saturated rings. The van der Waals surface area contributed by atoms with Gasteiger partial charge in [0, 0.05) is 43.2 Å². The van der Waals surface area contributed by atoms with Gasteiger partial charge in [-0.1, -0.05) is 6.92 Å². The van der Waals surface area contributed by atoms with Gasteiger partial charge < -0.3 is 24.8 Å². The summed E-state index contributed by atoms with van der Waals surface area (Å²) < 4.78 is 5.31. The van der Waals surface area contributed by atoms with Crippen molar-refractivity contribution in [2.75, 3.05) is 42.9 Å². The summed E-state index contributed by atoms with van der Waals surface area (Å²) in [6.45, 7) is 16.6. The molecule has 1 aromatic carbocycles. The lowest BCUT2D eigenvalue weighted by molar-refractivity contribution is 0.0376. The fourth-order valence-electron chi connectivity index (χ4n) is 4.05. The zero-order chi connectivity index (χ0) is 22.7. The average Bonchev–Trinajstić information content (AvgIpc) is 3.03. The van der Waals surface area contributed by atoms with Crippen molar-refractivity contribution in [2.45, 2.75) is 47.6 Å². The zero-order valence-electron chi connectivity index (χ0n) is 19.5. The summed E-state index contributed by atoms with van der Waals surface area (Å²) >= 11 is 0. The molecular weight excluding hydrogens is 392 g/mol. The average molecular weight is 427 g/mol. The van der Waals surface area contributed by atoms with E-state index in [1.807, 2.05) is 13.0 Å². The number of nitrogens with one attached hydrogen (secondary N) is 2. The van der Waals surface area contributed by atoms with Crippen LogP contribution in [0.25, 0.3) is 0 Å². The largest absolute Gasteiger partial charge is 0.459 e. The molecule has 168 valence electrons. The molecule has 2 aromatic rings. The van der Waals surface area contributed by atoms with Gasteiger partial charge in [0.1, 0.15) is 5.69 Å². The van der Waals surface area contributed by atoms with Crippen molar-refractivity contribution in [2.24, 2.45) is 0 Å². The Balaban J connectivity index is 1.73. The first-order valence-corrected chi connectivity index (χ1v) is 11.0. The van der Waals surface area contributed by atoms with E-state index in [0.29, 0.717) is 22.5 Å². The molecule has 0 aliphatic carbocycles. The molecule has 1 aliphatic rings. The molecule has 31 heavy (non-hydrogen) atoms. The topological polar surface area (TPSA) is 77.7 Å². The molecule has 1 aromatic heterocycles. The number of carbonyl (C=O) groups excluding carboxylic acids is 2. The van der Waals surface area contributed by atoms with Gasteiger partial charge in [0.15, 0.2) is 0 Å². The van der Waals surface area contributed by atoms with Crippen molar-refractivity contribution in [3.05, 3.63) is 46.3 Å². The number of anilines is 2. The van der Waals surface area contributed by atoms with E-state index >= 15 is 0 Å². The Labute approximate surface area is 184 Å². The zero-order valence-corrected chi connectivity index (χ0v) is 19.5. The van der Waals surface area contributed by atoms with Crippen LogP contribution in [0.5, 0.6) is 0 Å². The first-order valence-electron chi connectivity index (χ1n) is 11.0. The summed E-state index contributed by atoms with van der Waals surface area (Å²) in [6.07, 6.45) is -0.218. The number of hydrogen-bond donors (Lipinski definition) is 2. The summed E-state index contributed by atoms with van der Waals surface area (Å²) in [7, 11) is 0. The van der Waals surface area contributed by atoms with Gasteiger partial charge >= 0.3 is 5.97 Å². The van der Waals surface area contributed by atoms with Crippen LogP contribution in [0.1, 0.15) is 58.4 Å². The normalized spacial score (nSPS) is 14.7. The predicted molar refractivity (Wildman–Crippen MR) is 124 cm³/mol. The second-order valence-electron chi connectivity index (χ2n) is 8.45. The van der Waals surface area contributed by atoms with E-state index in [2.05, 4.69) is 39.2 Å². The maximum absolute atomic E-state index is 12.9. The summed E-state index contributed by atoms with van der Waals surface area (Å²) in [5, 5.41) is 2.98. The van der Waals surface area contributed by atoms with Crippen molar-refractivity contribution < 1.29 is 14.3 Å². The van der Waals surface area contributed by atoms with E-state index in [1.54, 1.807) is 27.7 Å². The molecule has 0 spiro atoms. The lowest BCUT2D eigenvalue weighted by Gasteiger charge is -2.35. The van der Waals surface area contributed by atoms with Crippen LogP contribution < -0.4 is 10.2 Å². The number of piperazine rings is 1. The number of nitrogens with zero attached hydrogens (tertiary/aromatic N) is 2. The molecule has 0 unspecified atom stereocenters. The molecular formula is C24H34N4O3. The minimum absolute atomic E-state index is 0.218. The van der Waals surface area contributed by atoms with Gasteiger partial charge in [0.05, 0.1) is 11.7 Å². The van der Waals surface area contributed by atoms with E-state index in [9.17, 15) is 9.59 Å². The molecule has 7 heteroatoms. The number of amides is 1. The fraction of sp³-hybridized carbons (Fsp3) is 0.500. The van der Waals surface area contributed by atoms with Crippen LogP contribution >= 0.6 is 0 Å². The molecule has 3 rings (SSSR count). The molecule has 2 heterocycles. The Bertz CT molecular complexity index is 956. The van der Waals surface area contributed by atoms with Crippen molar-refractivity contribution in [3.8, 4) is 0 Å². The number of esters is 1. The van der Waals surface area contributed by atoms with Crippen molar-refractivity contribution in [1.29, 1.82) is 0 Å². The summed E-state index contributed by atoms with van der Waals surface area (Å²) in [4.78, 5) is 33.2. The predicted octanol–water partition coefficient (Wildman–Crippen LogP) is 3.90. The first kappa shape index (κ1) is 22.9. The second kappa shape index (κ2) is 9.56. The highest BCUT2D eigenvalue weighted by molar-refractivity contribution is 6.07. The highest BCUT2D eigenvalue weighted by Crippen LogP contribution is 2.25. The van der Waals surface area contributed by atoms with Crippen molar-refractivity contribution in [3.63, 3.8) is 0 Å².